The first-order valence-corrected chi connectivity index (χ1v) is 7.23. The molecule has 0 N–H and O–H groups in total. The number of methoxy groups -OCH3 is 1. The summed E-state index contributed by atoms with van der Waals surface area (Å²) in [6, 6.07) is 14.2. The Kier molecular flexibility index (Phi) is 4.59. The minimum atomic E-state index is 0.642. The second kappa shape index (κ2) is 5.98. The first kappa shape index (κ1) is 13.1. The van der Waals surface area contributed by atoms with Gasteiger partial charge >= 0.3 is 0 Å². The van der Waals surface area contributed by atoms with Crippen LogP contribution < -0.4 is 4.74 Å². The van der Waals surface area contributed by atoms with E-state index in [9.17, 15) is 0 Å². The molecule has 0 fully saturated rings. The Labute approximate surface area is 124 Å². The van der Waals surface area contributed by atoms with Gasteiger partial charge in [0.2, 0.25) is 0 Å². The second-order valence-electron chi connectivity index (χ2n) is 3.35. The van der Waals surface area contributed by atoms with Crippen LogP contribution in [-0.2, 0) is 0 Å². The van der Waals surface area contributed by atoms with Crippen LogP contribution in [0.25, 0.3) is 0 Å². The van der Waals surface area contributed by atoms with E-state index in [-0.39, 0.29) is 0 Å². The lowest BCUT2D eigenvalue weighted by molar-refractivity contribution is 0.414. The number of ether oxygens (including phenoxy) is 1. The molecule has 0 unspecified atom stereocenters. The van der Waals surface area contributed by atoms with Crippen LogP contribution in [0, 0.1) is 3.57 Å². The summed E-state index contributed by atoms with van der Waals surface area (Å²) in [6.45, 7) is 0. The summed E-state index contributed by atoms with van der Waals surface area (Å²) in [5.41, 5.74) is 0. The van der Waals surface area contributed by atoms with Crippen LogP contribution in [0.1, 0.15) is 0 Å². The van der Waals surface area contributed by atoms with E-state index in [1.165, 1.54) is 8.47 Å². The Morgan fingerprint density at radius 3 is 2.29 bits per heavy atom. The van der Waals surface area contributed by atoms with Crippen LogP contribution in [0.3, 0.4) is 0 Å². The molecule has 0 amide bonds. The Balaban J connectivity index is 2.19. The summed E-state index contributed by atoms with van der Waals surface area (Å²) < 4.78 is 6.36. The van der Waals surface area contributed by atoms with Gasteiger partial charge in [0.1, 0.15) is 5.75 Å². The maximum Gasteiger partial charge on any atom is 0.137 e. The average Bonchev–Trinajstić information content (AvgIpc) is 2.32. The monoisotopic (exact) mass is 376 g/mol. The number of hydrogen-bond donors (Lipinski definition) is 0. The molecule has 2 aromatic rings. The highest BCUT2D eigenvalue weighted by atomic mass is 127. The fourth-order valence-corrected chi connectivity index (χ4v) is 2.89. The molecule has 0 aliphatic carbocycles. The average molecular weight is 377 g/mol. The summed E-state index contributed by atoms with van der Waals surface area (Å²) >= 11 is 10.1. The van der Waals surface area contributed by atoms with E-state index < -0.39 is 0 Å². The van der Waals surface area contributed by atoms with Gasteiger partial charge in [0.15, 0.2) is 0 Å². The fraction of sp³-hybridized carbons (Fsp3) is 0.0769. The third-order valence-electron chi connectivity index (χ3n) is 2.17. The molecule has 0 spiro atoms. The molecule has 2 rings (SSSR count). The van der Waals surface area contributed by atoms with Gasteiger partial charge in [-0.2, -0.15) is 0 Å². The van der Waals surface area contributed by atoms with Gasteiger partial charge in [-0.05, 0) is 65.1 Å². The molecule has 0 heterocycles. The summed E-state index contributed by atoms with van der Waals surface area (Å²) in [6.07, 6.45) is 0. The fourth-order valence-electron chi connectivity index (χ4n) is 1.35. The number of halogens is 2. The zero-order valence-corrected chi connectivity index (χ0v) is 12.8. The third-order valence-corrected chi connectivity index (χ3v) is 4.18. The van der Waals surface area contributed by atoms with Crippen molar-refractivity contribution in [1.29, 1.82) is 0 Å². The van der Waals surface area contributed by atoms with E-state index in [1.807, 2.05) is 18.2 Å². The maximum absolute atomic E-state index is 6.08. The molecule has 0 aromatic heterocycles. The van der Waals surface area contributed by atoms with E-state index in [0.717, 1.165) is 4.90 Å². The largest absolute Gasteiger partial charge is 0.495 e. The molecule has 17 heavy (non-hydrogen) atoms. The van der Waals surface area contributed by atoms with Crippen LogP contribution in [0.5, 0.6) is 5.75 Å². The molecule has 0 aliphatic heterocycles. The highest BCUT2D eigenvalue weighted by molar-refractivity contribution is 14.1. The SMILES string of the molecule is COc1ccc(Sc2ccc(I)cc2)cc1Cl. The van der Waals surface area contributed by atoms with Crippen molar-refractivity contribution >= 4 is 46.0 Å². The van der Waals surface area contributed by atoms with Crippen molar-refractivity contribution in [3.63, 3.8) is 0 Å². The Morgan fingerprint density at radius 1 is 1.06 bits per heavy atom. The van der Waals surface area contributed by atoms with Crippen LogP contribution >= 0.6 is 46.0 Å². The summed E-state index contributed by atoms with van der Waals surface area (Å²) in [7, 11) is 1.62. The predicted octanol–water partition coefficient (Wildman–Crippen LogP) is 5.10. The van der Waals surface area contributed by atoms with E-state index in [0.29, 0.717) is 10.8 Å². The van der Waals surface area contributed by atoms with Crippen molar-refractivity contribution < 1.29 is 4.74 Å². The van der Waals surface area contributed by atoms with Crippen LogP contribution in [0.15, 0.2) is 52.3 Å². The molecule has 1 nitrogen and oxygen atoms in total. The van der Waals surface area contributed by atoms with Crippen molar-refractivity contribution in [2.75, 3.05) is 7.11 Å². The zero-order valence-electron chi connectivity index (χ0n) is 9.11. The summed E-state index contributed by atoms with van der Waals surface area (Å²) in [4.78, 5) is 2.31. The van der Waals surface area contributed by atoms with Gasteiger partial charge in [0.05, 0.1) is 12.1 Å². The van der Waals surface area contributed by atoms with Crippen LogP contribution in [0.2, 0.25) is 5.02 Å². The van der Waals surface area contributed by atoms with Gasteiger partial charge < -0.3 is 4.74 Å². The zero-order chi connectivity index (χ0) is 12.3. The summed E-state index contributed by atoms with van der Waals surface area (Å²) in [5.74, 6) is 0.707. The van der Waals surface area contributed by atoms with Crippen molar-refractivity contribution in [2.45, 2.75) is 9.79 Å². The van der Waals surface area contributed by atoms with E-state index in [4.69, 9.17) is 16.3 Å². The molecular formula is C13H10ClIOS. The summed E-state index contributed by atoms with van der Waals surface area (Å²) in [5, 5.41) is 0.642. The Bertz CT molecular complexity index is 513. The smallest absolute Gasteiger partial charge is 0.137 e. The van der Waals surface area contributed by atoms with Gasteiger partial charge in [-0.1, -0.05) is 23.4 Å². The number of hydrogen-bond acceptors (Lipinski definition) is 2. The predicted molar refractivity (Wildman–Crippen MR) is 81.3 cm³/mol. The first-order valence-electron chi connectivity index (χ1n) is 4.96. The molecule has 0 aliphatic rings. The van der Waals surface area contributed by atoms with E-state index >= 15 is 0 Å². The van der Waals surface area contributed by atoms with Gasteiger partial charge in [-0.3, -0.25) is 0 Å². The minimum absolute atomic E-state index is 0.642. The standard InChI is InChI=1S/C13H10ClIOS/c1-16-13-7-6-11(8-12(13)14)17-10-4-2-9(15)3-5-10/h2-8H,1H3. The molecule has 4 heteroatoms. The molecule has 0 radical (unpaired) electrons. The molecule has 88 valence electrons. The quantitative estimate of drug-likeness (QED) is 0.689. The lowest BCUT2D eigenvalue weighted by Crippen LogP contribution is -1.83. The molecule has 0 saturated heterocycles. The normalized spacial score (nSPS) is 10.3. The van der Waals surface area contributed by atoms with Gasteiger partial charge in [0, 0.05) is 13.4 Å². The molecule has 2 aromatic carbocycles. The minimum Gasteiger partial charge on any atom is -0.495 e. The second-order valence-corrected chi connectivity index (χ2v) is 6.15. The van der Waals surface area contributed by atoms with Crippen LogP contribution in [0.4, 0.5) is 0 Å². The lowest BCUT2D eigenvalue weighted by Gasteiger charge is -2.06. The van der Waals surface area contributed by atoms with Gasteiger partial charge in [-0.25, -0.2) is 0 Å². The van der Waals surface area contributed by atoms with Crippen molar-refractivity contribution in [3.05, 3.63) is 51.1 Å². The van der Waals surface area contributed by atoms with Crippen LogP contribution in [-0.4, -0.2) is 7.11 Å². The topological polar surface area (TPSA) is 9.23 Å². The van der Waals surface area contributed by atoms with Crippen molar-refractivity contribution in [2.24, 2.45) is 0 Å². The lowest BCUT2D eigenvalue weighted by atomic mass is 10.3. The van der Waals surface area contributed by atoms with Crippen molar-refractivity contribution in [1.82, 2.24) is 0 Å². The molecular weight excluding hydrogens is 367 g/mol. The van der Waals surface area contributed by atoms with Gasteiger partial charge in [0.25, 0.3) is 0 Å². The van der Waals surface area contributed by atoms with Crippen molar-refractivity contribution in [3.8, 4) is 5.75 Å². The number of benzene rings is 2. The number of rotatable bonds is 3. The molecule has 0 bridgehead atoms. The maximum atomic E-state index is 6.08. The van der Waals surface area contributed by atoms with E-state index in [2.05, 4.69) is 46.9 Å². The molecule has 0 atom stereocenters. The van der Waals surface area contributed by atoms with Gasteiger partial charge in [-0.15, -0.1) is 0 Å². The Hall–Kier alpha value is -0.390. The highest BCUT2D eigenvalue weighted by Gasteiger charge is 2.03. The molecule has 0 saturated carbocycles. The first-order chi connectivity index (χ1) is 8.19. The third kappa shape index (κ3) is 3.53. The van der Waals surface area contributed by atoms with E-state index in [1.54, 1.807) is 18.9 Å². The highest BCUT2D eigenvalue weighted by Crippen LogP contribution is 2.33. The Morgan fingerprint density at radius 2 is 1.71 bits per heavy atom.